The van der Waals surface area contributed by atoms with Gasteiger partial charge in [-0.15, -0.1) is 10.2 Å². The second kappa shape index (κ2) is 4.93. The lowest BCUT2D eigenvalue weighted by Gasteiger charge is -2.19. The monoisotopic (exact) mass is 224 g/mol. The molecule has 1 aliphatic carbocycles. The van der Waals surface area contributed by atoms with Crippen LogP contribution in [-0.4, -0.2) is 34.0 Å². The van der Waals surface area contributed by atoms with Crippen LogP contribution in [0.25, 0.3) is 0 Å². The van der Waals surface area contributed by atoms with Gasteiger partial charge in [0.25, 0.3) is 0 Å². The Kier molecular flexibility index (Phi) is 3.56. The summed E-state index contributed by atoms with van der Waals surface area (Å²) in [6.07, 6.45) is 4.56. The van der Waals surface area contributed by atoms with Gasteiger partial charge in [0.05, 0.1) is 12.6 Å². The van der Waals surface area contributed by atoms with Gasteiger partial charge < -0.3 is 14.6 Å². The average molecular weight is 224 g/mol. The molecule has 1 aliphatic rings. The molecule has 0 aliphatic heterocycles. The SMILES string of the molecule is COC(C)C(C)NCc1nncn1C1CC1. The molecule has 5 nitrogen and oxygen atoms in total. The van der Waals surface area contributed by atoms with Crippen LogP contribution in [0.2, 0.25) is 0 Å². The molecule has 1 aromatic rings. The van der Waals surface area contributed by atoms with Crippen molar-refractivity contribution >= 4 is 0 Å². The van der Waals surface area contributed by atoms with Gasteiger partial charge in [0.15, 0.2) is 0 Å². The first-order valence-corrected chi connectivity index (χ1v) is 5.87. The minimum absolute atomic E-state index is 0.206. The molecule has 0 radical (unpaired) electrons. The molecule has 90 valence electrons. The van der Waals surface area contributed by atoms with E-state index in [1.807, 2.05) is 6.33 Å². The molecule has 2 rings (SSSR count). The molecular formula is C11H20N4O. The predicted molar refractivity (Wildman–Crippen MR) is 61.1 cm³/mol. The maximum atomic E-state index is 5.27. The summed E-state index contributed by atoms with van der Waals surface area (Å²) in [7, 11) is 1.73. The Morgan fingerprint density at radius 1 is 1.56 bits per heavy atom. The molecule has 0 saturated heterocycles. The molecule has 1 saturated carbocycles. The Bertz CT molecular complexity index is 334. The van der Waals surface area contributed by atoms with Crippen molar-refractivity contribution in [3.05, 3.63) is 12.2 Å². The van der Waals surface area contributed by atoms with Crippen LogP contribution in [0, 0.1) is 0 Å². The Balaban J connectivity index is 1.86. The summed E-state index contributed by atoms with van der Waals surface area (Å²) < 4.78 is 7.44. The summed E-state index contributed by atoms with van der Waals surface area (Å²) in [4.78, 5) is 0. The maximum Gasteiger partial charge on any atom is 0.147 e. The van der Waals surface area contributed by atoms with Gasteiger partial charge in [0.1, 0.15) is 12.2 Å². The lowest BCUT2D eigenvalue weighted by atomic mass is 10.2. The molecule has 0 bridgehead atoms. The van der Waals surface area contributed by atoms with Crippen molar-refractivity contribution in [1.29, 1.82) is 0 Å². The second-order valence-corrected chi connectivity index (χ2v) is 4.50. The Hall–Kier alpha value is -0.940. The smallest absolute Gasteiger partial charge is 0.147 e. The molecular weight excluding hydrogens is 204 g/mol. The van der Waals surface area contributed by atoms with Gasteiger partial charge in [0, 0.05) is 19.2 Å². The molecule has 0 spiro atoms. The molecule has 0 aromatic carbocycles. The van der Waals surface area contributed by atoms with E-state index in [2.05, 4.69) is 33.9 Å². The minimum Gasteiger partial charge on any atom is -0.380 e. The molecule has 16 heavy (non-hydrogen) atoms. The number of nitrogens with zero attached hydrogens (tertiary/aromatic N) is 3. The summed E-state index contributed by atoms with van der Waals surface area (Å²) >= 11 is 0. The predicted octanol–water partition coefficient (Wildman–Crippen LogP) is 1.13. The number of nitrogens with one attached hydrogen (secondary N) is 1. The number of methoxy groups -OCH3 is 1. The highest BCUT2D eigenvalue weighted by Gasteiger charge is 2.26. The van der Waals surface area contributed by atoms with E-state index in [1.54, 1.807) is 7.11 Å². The quantitative estimate of drug-likeness (QED) is 0.787. The third kappa shape index (κ3) is 2.59. The Labute approximate surface area is 96.2 Å². The van der Waals surface area contributed by atoms with Crippen LogP contribution in [0.1, 0.15) is 38.6 Å². The number of hydrogen-bond donors (Lipinski definition) is 1. The highest BCUT2D eigenvalue weighted by atomic mass is 16.5. The van der Waals surface area contributed by atoms with Crippen molar-refractivity contribution in [2.75, 3.05) is 7.11 Å². The zero-order chi connectivity index (χ0) is 11.5. The largest absolute Gasteiger partial charge is 0.380 e. The second-order valence-electron chi connectivity index (χ2n) is 4.50. The fraction of sp³-hybridized carbons (Fsp3) is 0.818. The van der Waals surface area contributed by atoms with E-state index in [0.717, 1.165) is 12.4 Å². The van der Waals surface area contributed by atoms with E-state index in [0.29, 0.717) is 12.1 Å². The van der Waals surface area contributed by atoms with Gasteiger partial charge >= 0.3 is 0 Å². The van der Waals surface area contributed by atoms with Gasteiger partial charge in [0.2, 0.25) is 0 Å². The number of hydrogen-bond acceptors (Lipinski definition) is 4. The van der Waals surface area contributed by atoms with Crippen molar-refractivity contribution < 1.29 is 4.74 Å². The van der Waals surface area contributed by atoms with Crippen LogP contribution < -0.4 is 5.32 Å². The first-order valence-electron chi connectivity index (χ1n) is 5.87. The topological polar surface area (TPSA) is 52.0 Å². The highest BCUT2D eigenvalue weighted by molar-refractivity contribution is 4.94. The van der Waals surface area contributed by atoms with E-state index in [1.165, 1.54) is 12.8 Å². The van der Waals surface area contributed by atoms with Crippen LogP contribution in [0.5, 0.6) is 0 Å². The van der Waals surface area contributed by atoms with E-state index in [-0.39, 0.29) is 6.10 Å². The highest BCUT2D eigenvalue weighted by Crippen LogP contribution is 2.35. The van der Waals surface area contributed by atoms with Crippen molar-refractivity contribution in [1.82, 2.24) is 20.1 Å². The number of rotatable bonds is 6. The third-order valence-electron chi connectivity index (χ3n) is 3.25. The fourth-order valence-electron chi connectivity index (χ4n) is 1.67. The number of aromatic nitrogens is 3. The molecule has 1 heterocycles. The van der Waals surface area contributed by atoms with Crippen LogP contribution in [-0.2, 0) is 11.3 Å². The Morgan fingerprint density at radius 2 is 2.31 bits per heavy atom. The van der Waals surface area contributed by atoms with Crippen LogP contribution in [0.3, 0.4) is 0 Å². The van der Waals surface area contributed by atoms with Gasteiger partial charge in [-0.1, -0.05) is 0 Å². The fourth-order valence-corrected chi connectivity index (χ4v) is 1.67. The average Bonchev–Trinajstić information content (AvgIpc) is 3.04. The van der Waals surface area contributed by atoms with Crippen LogP contribution in [0.4, 0.5) is 0 Å². The van der Waals surface area contributed by atoms with E-state index in [9.17, 15) is 0 Å². The molecule has 2 unspecified atom stereocenters. The lowest BCUT2D eigenvalue weighted by molar-refractivity contribution is 0.0878. The van der Waals surface area contributed by atoms with Gasteiger partial charge in [-0.05, 0) is 26.7 Å². The van der Waals surface area contributed by atoms with Gasteiger partial charge in [-0.25, -0.2) is 0 Å². The van der Waals surface area contributed by atoms with Crippen molar-refractivity contribution in [2.24, 2.45) is 0 Å². The van der Waals surface area contributed by atoms with Crippen molar-refractivity contribution in [3.63, 3.8) is 0 Å². The normalized spacial score (nSPS) is 19.7. The maximum absolute atomic E-state index is 5.27. The summed E-state index contributed by atoms with van der Waals surface area (Å²) in [5.41, 5.74) is 0. The Morgan fingerprint density at radius 3 is 2.94 bits per heavy atom. The molecule has 1 N–H and O–H groups in total. The summed E-state index contributed by atoms with van der Waals surface area (Å²) in [6.45, 7) is 4.93. The minimum atomic E-state index is 0.206. The first-order chi connectivity index (χ1) is 7.72. The van der Waals surface area contributed by atoms with Crippen LogP contribution >= 0.6 is 0 Å². The van der Waals surface area contributed by atoms with E-state index < -0.39 is 0 Å². The third-order valence-corrected chi connectivity index (χ3v) is 3.25. The zero-order valence-electron chi connectivity index (χ0n) is 10.2. The van der Waals surface area contributed by atoms with E-state index in [4.69, 9.17) is 4.74 Å². The molecule has 2 atom stereocenters. The lowest BCUT2D eigenvalue weighted by Crippen LogP contribution is -2.36. The summed E-state index contributed by atoms with van der Waals surface area (Å²) in [5.74, 6) is 1.03. The molecule has 5 heteroatoms. The van der Waals surface area contributed by atoms with E-state index >= 15 is 0 Å². The van der Waals surface area contributed by atoms with Gasteiger partial charge in [-0.2, -0.15) is 0 Å². The summed E-state index contributed by atoms with van der Waals surface area (Å²) in [6, 6.07) is 0.955. The van der Waals surface area contributed by atoms with Gasteiger partial charge in [-0.3, -0.25) is 0 Å². The standard InChI is InChI=1S/C11H20N4O/c1-8(9(2)16-3)12-6-11-14-13-7-15(11)10-4-5-10/h7-10,12H,4-6H2,1-3H3. The number of ether oxygens (including phenoxy) is 1. The zero-order valence-corrected chi connectivity index (χ0v) is 10.2. The first kappa shape index (κ1) is 11.5. The van der Waals surface area contributed by atoms with Crippen LogP contribution in [0.15, 0.2) is 6.33 Å². The van der Waals surface area contributed by atoms with Crippen molar-refractivity contribution in [3.8, 4) is 0 Å². The molecule has 1 aromatic heterocycles. The summed E-state index contributed by atoms with van der Waals surface area (Å²) in [5, 5.41) is 11.5. The molecule has 0 amide bonds. The molecule has 1 fully saturated rings. The van der Waals surface area contributed by atoms with Crippen molar-refractivity contribution in [2.45, 2.75) is 51.4 Å².